The van der Waals surface area contributed by atoms with Crippen LogP contribution >= 0.6 is 11.3 Å². The summed E-state index contributed by atoms with van der Waals surface area (Å²) in [4.78, 5) is 29.5. The lowest BCUT2D eigenvalue weighted by atomic mass is 10.1. The molecule has 0 saturated carbocycles. The van der Waals surface area contributed by atoms with Crippen LogP contribution in [0.2, 0.25) is 0 Å². The number of hydrogen-bond donors (Lipinski definition) is 3. The number of rotatable bonds is 7. The zero-order chi connectivity index (χ0) is 20.8. The highest BCUT2D eigenvalue weighted by Crippen LogP contribution is 2.18. The van der Waals surface area contributed by atoms with Crippen molar-refractivity contribution in [2.45, 2.75) is 20.4 Å². The molecule has 6 nitrogen and oxygen atoms in total. The molecule has 1 aliphatic rings. The van der Waals surface area contributed by atoms with Gasteiger partial charge in [0, 0.05) is 11.3 Å². The number of amides is 2. The summed E-state index contributed by atoms with van der Waals surface area (Å²) in [5.41, 5.74) is 4.36. The number of para-hydroxylation sites is 1. The third kappa shape index (κ3) is 6.13. The Balaban J connectivity index is 1.41. The van der Waals surface area contributed by atoms with Crippen LogP contribution in [0.1, 0.15) is 16.7 Å². The summed E-state index contributed by atoms with van der Waals surface area (Å²) < 4.78 is 0. The molecule has 1 fully saturated rings. The van der Waals surface area contributed by atoms with Crippen LogP contribution in [-0.2, 0) is 16.1 Å². The highest BCUT2D eigenvalue weighted by atomic mass is 32.1. The quantitative estimate of drug-likeness (QED) is 0.583. The number of likely N-dealkylation sites (N-methyl/N-ethyl adjacent to an activating group) is 1. The van der Waals surface area contributed by atoms with Crippen LogP contribution in [0.25, 0.3) is 0 Å². The summed E-state index contributed by atoms with van der Waals surface area (Å²) >= 11 is 1.69. The van der Waals surface area contributed by atoms with Gasteiger partial charge < -0.3 is 20.0 Å². The second-order valence-corrected chi connectivity index (χ2v) is 8.84. The normalized spacial score (nSPS) is 15.9. The molecule has 0 bridgehead atoms. The van der Waals surface area contributed by atoms with Crippen molar-refractivity contribution in [2.24, 2.45) is 0 Å². The Morgan fingerprint density at radius 3 is 2.48 bits per heavy atom. The fraction of sp³-hybridized carbons (Fsp3) is 0.455. The van der Waals surface area contributed by atoms with Gasteiger partial charge >= 0.3 is 0 Å². The van der Waals surface area contributed by atoms with E-state index in [9.17, 15) is 9.59 Å². The van der Waals surface area contributed by atoms with Crippen molar-refractivity contribution in [3.05, 3.63) is 51.7 Å². The van der Waals surface area contributed by atoms with Gasteiger partial charge in [-0.15, -0.1) is 0 Å². The SMILES string of the molecule is Cc1cccc(C)c1NC(=O)C[NH+]1CCN(C(=O)C[NH+](C)Cc2ccsc2)CC1. The van der Waals surface area contributed by atoms with Crippen LogP contribution < -0.4 is 15.1 Å². The molecule has 7 heteroatoms. The maximum atomic E-state index is 12.6. The number of benzene rings is 1. The third-order valence-corrected chi connectivity index (χ3v) is 6.25. The summed E-state index contributed by atoms with van der Waals surface area (Å²) in [6, 6.07) is 8.14. The second kappa shape index (κ2) is 10.0. The van der Waals surface area contributed by atoms with E-state index in [1.54, 1.807) is 11.3 Å². The second-order valence-electron chi connectivity index (χ2n) is 8.06. The van der Waals surface area contributed by atoms with Gasteiger partial charge in [0.25, 0.3) is 11.8 Å². The lowest BCUT2D eigenvalue weighted by Crippen LogP contribution is -3.16. The number of carbonyl (C=O) groups is 2. The molecule has 0 radical (unpaired) electrons. The monoisotopic (exact) mass is 416 g/mol. The van der Waals surface area contributed by atoms with Gasteiger partial charge in [-0.2, -0.15) is 11.3 Å². The van der Waals surface area contributed by atoms with E-state index in [4.69, 9.17) is 0 Å². The highest BCUT2D eigenvalue weighted by molar-refractivity contribution is 7.07. The van der Waals surface area contributed by atoms with Crippen molar-refractivity contribution in [2.75, 3.05) is 51.6 Å². The van der Waals surface area contributed by atoms with Gasteiger partial charge in [-0.3, -0.25) is 9.59 Å². The number of carbonyl (C=O) groups excluding carboxylic acids is 2. The van der Waals surface area contributed by atoms with Crippen LogP contribution in [0.5, 0.6) is 0 Å². The van der Waals surface area contributed by atoms with Crippen molar-refractivity contribution < 1.29 is 19.4 Å². The molecule has 2 heterocycles. The van der Waals surface area contributed by atoms with E-state index < -0.39 is 0 Å². The van der Waals surface area contributed by atoms with Gasteiger partial charge in [-0.25, -0.2) is 0 Å². The first-order valence-electron chi connectivity index (χ1n) is 10.2. The number of hydrogen-bond acceptors (Lipinski definition) is 3. The smallest absolute Gasteiger partial charge is 0.279 e. The molecule has 3 N–H and O–H groups in total. The first-order valence-corrected chi connectivity index (χ1v) is 11.2. The van der Waals surface area contributed by atoms with Crippen LogP contribution in [0, 0.1) is 13.8 Å². The fourth-order valence-electron chi connectivity index (χ4n) is 3.85. The lowest BCUT2D eigenvalue weighted by Gasteiger charge is -2.32. The minimum atomic E-state index is 0.0390. The first kappa shape index (κ1) is 21.5. The molecule has 2 amide bonds. The number of aryl methyl sites for hydroxylation is 2. The molecule has 2 aromatic rings. The Hall–Kier alpha value is -2.22. The van der Waals surface area contributed by atoms with Crippen molar-refractivity contribution in [1.29, 1.82) is 0 Å². The number of nitrogens with zero attached hydrogens (tertiary/aromatic N) is 1. The molecule has 29 heavy (non-hydrogen) atoms. The summed E-state index contributed by atoms with van der Waals surface area (Å²) in [5, 5.41) is 7.27. The number of nitrogens with one attached hydrogen (secondary N) is 3. The summed E-state index contributed by atoms with van der Waals surface area (Å²) in [6.07, 6.45) is 0. The zero-order valence-corrected chi connectivity index (χ0v) is 18.4. The van der Waals surface area contributed by atoms with Crippen molar-refractivity contribution in [3.63, 3.8) is 0 Å². The van der Waals surface area contributed by atoms with Crippen LogP contribution in [0.15, 0.2) is 35.0 Å². The number of anilines is 1. The fourth-order valence-corrected chi connectivity index (χ4v) is 4.51. The lowest BCUT2D eigenvalue weighted by molar-refractivity contribution is -0.896. The van der Waals surface area contributed by atoms with Gasteiger partial charge in [0.2, 0.25) is 0 Å². The minimum Gasteiger partial charge on any atom is -0.327 e. The molecule has 3 rings (SSSR count). The molecule has 0 aliphatic carbocycles. The average molecular weight is 417 g/mol. The van der Waals surface area contributed by atoms with E-state index in [-0.39, 0.29) is 11.8 Å². The molecule has 1 aromatic heterocycles. The largest absolute Gasteiger partial charge is 0.327 e. The van der Waals surface area contributed by atoms with E-state index in [0.717, 1.165) is 49.5 Å². The van der Waals surface area contributed by atoms with Crippen LogP contribution in [0.4, 0.5) is 5.69 Å². The van der Waals surface area contributed by atoms with E-state index in [0.29, 0.717) is 13.1 Å². The Labute approximate surface area is 177 Å². The van der Waals surface area contributed by atoms with Gasteiger partial charge in [0.05, 0.1) is 33.2 Å². The molecule has 1 saturated heterocycles. The number of thiophene rings is 1. The summed E-state index contributed by atoms with van der Waals surface area (Å²) in [6.45, 7) is 8.92. The van der Waals surface area contributed by atoms with E-state index >= 15 is 0 Å². The summed E-state index contributed by atoms with van der Waals surface area (Å²) in [5.74, 6) is 0.244. The number of quaternary nitrogens is 2. The zero-order valence-electron chi connectivity index (χ0n) is 17.6. The predicted octanol–water partition coefficient (Wildman–Crippen LogP) is -0.255. The Morgan fingerprint density at radius 1 is 1.17 bits per heavy atom. The highest BCUT2D eigenvalue weighted by Gasteiger charge is 2.27. The minimum absolute atomic E-state index is 0.0390. The standard InChI is InChI=1S/C22H30N4O2S/c1-17-5-4-6-18(2)22(17)23-20(27)14-25-8-10-26(11-9-25)21(28)15-24(3)13-19-7-12-29-16-19/h4-7,12,16H,8-11,13-15H2,1-3H3,(H,23,27)/p+2. The van der Waals surface area contributed by atoms with Crippen molar-refractivity contribution in [3.8, 4) is 0 Å². The Morgan fingerprint density at radius 2 is 1.86 bits per heavy atom. The molecule has 0 spiro atoms. The van der Waals surface area contributed by atoms with E-state index in [1.165, 1.54) is 15.4 Å². The maximum Gasteiger partial charge on any atom is 0.279 e. The predicted molar refractivity (Wildman–Crippen MR) is 116 cm³/mol. The molecule has 1 aromatic carbocycles. The van der Waals surface area contributed by atoms with Gasteiger partial charge in [-0.1, -0.05) is 18.2 Å². The Bertz CT molecular complexity index is 809. The third-order valence-electron chi connectivity index (χ3n) is 5.52. The summed E-state index contributed by atoms with van der Waals surface area (Å²) in [7, 11) is 2.06. The van der Waals surface area contributed by atoms with Gasteiger partial charge in [0.1, 0.15) is 6.54 Å². The molecule has 156 valence electrons. The van der Waals surface area contributed by atoms with Crippen LogP contribution in [0.3, 0.4) is 0 Å². The maximum absolute atomic E-state index is 12.6. The van der Waals surface area contributed by atoms with E-state index in [2.05, 4.69) is 29.2 Å². The molecular formula is C22H32N4O2S+2. The molecule has 1 unspecified atom stereocenters. The topological polar surface area (TPSA) is 58.3 Å². The van der Waals surface area contributed by atoms with Crippen LogP contribution in [-0.4, -0.2) is 63.0 Å². The van der Waals surface area contributed by atoms with Crippen molar-refractivity contribution >= 4 is 28.8 Å². The molecular weight excluding hydrogens is 384 g/mol. The molecule has 1 aliphatic heterocycles. The average Bonchev–Trinajstić information content (AvgIpc) is 3.18. The molecule has 1 atom stereocenters. The van der Waals surface area contributed by atoms with Gasteiger partial charge in [0.15, 0.2) is 13.1 Å². The number of piperazine rings is 1. The first-order chi connectivity index (χ1) is 13.9. The van der Waals surface area contributed by atoms with Gasteiger partial charge in [-0.05, 0) is 41.8 Å². The Kier molecular flexibility index (Phi) is 7.41. The van der Waals surface area contributed by atoms with Crippen molar-refractivity contribution in [1.82, 2.24) is 4.90 Å². The van der Waals surface area contributed by atoms with E-state index in [1.807, 2.05) is 36.9 Å².